The van der Waals surface area contributed by atoms with Crippen LogP contribution in [0.3, 0.4) is 0 Å². The minimum Gasteiger partial charge on any atom is -0.349 e. The van der Waals surface area contributed by atoms with E-state index in [1.807, 2.05) is 0 Å². The molecule has 0 heterocycles. The zero-order chi connectivity index (χ0) is 15.5. The lowest BCUT2D eigenvalue weighted by atomic mass is 9.99. The molecule has 0 unspecified atom stereocenters. The Morgan fingerprint density at radius 1 is 1.19 bits per heavy atom. The number of carbonyl (C=O) groups is 1. The van der Waals surface area contributed by atoms with E-state index in [0.29, 0.717) is 11.4 Å². The monoisotopic (exact) mass is 319 g/mol. The molecular weight excluding hydrogens is 303 g/mol. The van der Waals surface area contributed by atoms with E-state index >= 15 is 0 Å². The highest BCUT2D eigenvalue weighted by atomic mass is 35.5. The van der Waals surface area contributed by atoms with Crippen molar-refractivity contribution in [3.63, 3.8) is 0 Å². The average molecular weight is 320 g/mol. The first-order valence-electron chi connectivity index (χ1n) is 6.88. The lowest BCUT2D eigenvalue weighted by Gasteiger charge is -2.27. The third kappa shape index (κ3) is 4.13. The van der Waals surface area contributed by atoms with Crippen molar-refractivity contribution in [2.24, 2.45) is 0 Å². The van der Waals surface area contributed by atoms with E-state index in [9.17, 15) is 18.0 Å². The van der Waals surface area contributed by atoms with Crippen LogP contribution in [0.1, 0.15) is 36.8 Å². The highest BCUT2D eigenvalue weighted by Gasteiger charge is 2.34. The second-order valence-corrected chi connectivity index (χ2v) is 5.81. The maximum absolute atomic E-state index is 12.5. The summed E-state index contributed by atoms with van der Waals surface area (Å²) in [6, 6.07) is 4.67. The van der Waals surface area contributed by atoms with E-state index in [-0.39, 0.29) is 17.9 Å². The normalized spacial score (nSPS) is 17.7. The van der Waals surface area contributed by atoms with Crippen molar-refractivity contribution in [2.45, 2.75) is 43.8 Å². The molecular formula is C15H17ClF3NO. The van der Waals surface area contributed by atoms with Crippen LogP contribution in [0.4, 0.5) is 13.2 Å². The smallest absolute Gasteiger partial charge is 0.349 e. The Hall–Kier alpha value is -1.23. The molecule has 1 aliphatic rings. The fourth-order valence-electron chi connectivity index (χ4n) is 2.68. The number of carbonyl (C=O) groups excluding carboxylic acids is 1. The Morgan fingerprint density at radius 3 is 2.24 bits per heavy atom. The number of benzene rings is 1. The minimum atomic E-state index is -4.35. The first kappa shape index (κ1) is 16.1. The zero-order valence-corrected chi connectivity index (χ0v) is 12.2. The summed E-state index contributed by atoms with van der Waals surface area (Å²) in [7, 11) is 0. The standard InChI is InChI=1S/C15H17ClF3NO/c16-10-14(7-1-2-8-14)20-13(21)9-11-3-5-12(6-4-11)15(17,18)19/h3-6H,1-2,7-10H2,(H,20,21). The number of alkyl halides is 4. The molecule has 0 saturated heterocycles. The summed E-state index contributed by atoms with van der Waals surface area (Å²) in [5, 5.41) is 2.94. The van der Waals surface area contributed by atoms with Gasteiger partial charge < -0.3 is 5.32 Å². The number of amides is 1. The van der Waals surface area contributed by atoms with Gasteiger partial charge in [-0.1, -0.05) is 25.0 Å². The fourth-order valence-corrected chi connectivity index (χ4v) is 3.01. The molecule has 21 heavy (non-hydrogen) atoms. The quantitative estimate of drug-likeness (QED) is 0.837. The van der Waals surface area contributed by atoms with Crippen molar-refractivity contribution in [2.75, 3.05) is 5.88 Å². The lowest BCUT2D eigenvalue weighted by Crippen LogP contribution is -2.48. The molecule has 1 amide bonds. The van der Waals surface area contributed by atoms with E-state index in [4.69, 9.17) is 11.6 Å². The second kappa shape index (κ2) is 6.26. The summed E-state index contributed by atoms with van der Waals surface area (Å²) in [6.07, 6.45) is -0.505. The van der Waals surface area contributed by atoms with Gasteiger partial charge >= 0.3 is 6.18 Å². The summed E-state index contributed by atoms with van der Waals surface area (Å²) < 4.78 is 37.4. The van der Waals surface area contributed by atoms with Crippen molar-refractivity contribution in [3.8, 4) is 0 Å². The Labute approximate surface area is 126 Å². The van der Waals surface area contributed by atoms with Gasteiger partial charge in [0.1, 0.15) is 0 Å². The maximum atomic E-state index is 12.5. The summed E-state index contributed by atoms with van der Waals surface area (Å²) in [4.78, 5) is 12.0. The molecule has 2 nitrogen and oxygen atoms in total. The number of halogens is 4. The van der Waals surface area contributed by atoms with Crippen molar-refractivity contribution >= 4 is 17.5 Å². The molecule has 1 saturated carbocycles. The third-order valence-corrected chi connectivity index (χ3v) is 4.38. The Balaban J connectivity index is 1.96. The molecule has 116 valence electrons. The molecule has 0 bridgehead atoms. The largest absolute Gasteiger partial charge is 0.416 e. The lowest BCUT2D eigenvalue weighted by molar-refractivity contribution is -0.137. The van der Waals surface area contributed by atoms with Gasteiger partial charge in [-0.25, -0.2) is 0 Å². The summed E-state index contributed by atoms with van der Waals surface area (Å²) in [6.45, 7) is 0. The van der Waals surface area contributed by atoms with Crippen LogP contribution in [-0.4, -0.2) is 17.3 Å². The molecule has 0 radical (unpaired) electrons. The molecule has 1 N–H and O–H groups in total. The molecule has 1 fully saturated rings. The predicted octanol–water partition coefficient (Wildman–Crippen LogP) is 3.92. The van der Waals surface area contributed by atoms with Gasteiger partial charge in [-0.3, -0.25) is 4.79 Å². The zero-order valence-electron chi connectivity index (χ0n) is 11.5. The molecule has 1 aromatic rings. The first-order valence-corrected chi connectivity index (χ1v) is 7.41. The van der Waals surface area contributed by atoms with Crippen LogP contribution >= 0.6 is 11.6 Å². The first-order chi connectivity index (χ1) is 9.85. The van der Waals surface area contributed by atoms with Crippen LogP contribution in [0.15, 0.2) is 24.3 Å². The number of hydrogen-bond donors (Lipinski definition) is 1. The Kier molecular flexibility index (Phi) is 4.81. The van der Waals surface area contributed by atoms with E-state index in [1.165, 1.54) is 12.1 Å². The van der Waals surface area contributed by atoms with Gasteiger partial charge in [-0.05, 0) is 30.5 Å². The fraction of sp³-hybridized carbons (Fsp3) is 0.533. The van der Waals surface area contributed by atoms with Crippen molar-refractivity contribution < 1.29 is 18.0 Å². The van der Waals surface area contributed by atoms with Crippen LogP contribution in [-0.2, 0) is 17.4 Å². The molecule has 2 rings (SSSR count). The van der Waals surface area contributed by atoms with E-state index in [1.54, 1.807) is 0 Å². The van der Waals surface area contributed by atoms with E-state index in [0.717, 1.165) is 37.8 Å². The van der Waals surface area contributed by atoms with Crippen LogP contribution in [0, 0.1) is 0 Å². The number of hydrogen-bond acceptors (Lipinski definition) is 1. The van der Waals surface area contributed by atoms with Crippen LogP contribution in [0.25, 0.3) is 0 Å². The molecule has 0 aromatic heterocycles. The van der Waals surface area contributed by atoms with E-state index < -0.39 is 11.7 Å². The van der Waals surface area contributed by atoms with Gasteiger partial charge in [0.15, 0.2) is 0 Å². The highest BCUT2D eigenvalue weighted by molar-refractivity contribution is 6.18. The van der Waals surface area contributed by atoms with Gasteiger partial charge in [-0.15, -0.1) is 11.6 Å². The molecule has 1 aromatic carbocycles. The van der Waals surface area contributed by atoms with Crippen LogP contribution in [0.2, 0.25) is 0 Å². The number of nitrogens with one attached hydrogen (secondary N) is 1. The maximum Gasteiger partial charge on any atom is 0.416 e. The molecule has 1 aliphatic carbocycles. The SMILES string of the molecule is O=C(Cc1ccc(C(F)(F)F)cc1)NC1(CCl)CCCC1. The van der Waals surface area contributed by atoms with Gasteiger partial charge in [0.2, 0.25) is 5.91 Å². The van der Waals surface area contributed by atoms with E-state index in [2.05, 4.69) is 5.32 Å². The van der Waals surface area contributed by atoms with Crippen LogP contribution in [0.5, 0.6) is 0 Å². The van der Waals surface area contributed by atoms with Crippen molar-refractivity contribution in [1.29, 1.82) is 0 Å². The molecule has 6 heteroatoms. The summed E-state index contributed by atoms with van der Waals surface area (Å²) in [5.74, 6) is 0.170. The molecule has 0 aliphatic heterocycles. The average Bonchev–Trinajstić information content (AvgIpc) is 2.87. The molecule has 0 atom stereocenters. The van der Waals surface area contributed by atoms with Crippen LogP contribution < -0.4 is 5.32 Å². The van der Waals surface area contributed by atoms with Gasteiger partial charge in [-0.2, -0.15) is 13.2 Å². The summed E-state index contributed by atoms with van der Waals surface area (Å²) >= 11 is 5.94. The van der Waals surface area contributed by atoms with Gasteiger partial charge in [0.25, 0.3) is 0 Å². The minimum absolute atomic E-state index is 0.0662. The Morgan fingerprint density at radius 2 is 1.76 bits per heavy atom. The van der Waals surface area contributed by atoms with Crippen molar-refractivity contribution in [3.05, 3.63) is 35.4 Å². The predicted molar refractivity (Wildman–Crippen MR) is 75.2 cm³/mol. The summed E-state index contributed by atoms with van der Waals surface area (Å²) in [5.41, 5.74) is -0.493. The Bertz CT molecular complexity index is 493. The highest BCUT2D eigenvalue weighted by Crippen LogP contribution is 2.31. The van der Waals surface area contributed by atoms with Gasteiger partial charge in [0, 0.05) is 5.88 Å². The number of rotatable bonds is 4. The van der Waals surface area contributed by atoms with Crippen molar-refractivity contribution in [1.82, 2.24) is 5.32 Å². The third-order valence-electron chi connectivity index (χ3n) is 3.87. The topological polar surface area (TPSA) is 29.1 Å². The second-order valence-electron chi connectivity index (χ2n) is 5.54. The molecule has 0 spiro atoms. The van der Waals surface area contributed by atoms with Gasteiger partial charge in [0.05, 0.1) is 17.5 Å².